The minimum absolute atomic E-state index is 0.0243. The molecule has 2 amide bonds. The van der Waals surface area contributed by atoms with Crippen LogP contribution in [0.5, 0.6) is 0 Å². The predicted octanol–water partition coefficient (Wildman–Crippen LogP) is 1.92. The van der Waals surface area contributed by atoms with Crippen molar-refractivity contribution in [1.29, 1.82) is 0 Å². The van der Waals surface area contributed by atoms with Gasteiger partial charge >= 0.3 is 0 Å². The highest BCUT2D eigenvalue weighted by molar-refractivity contribution is 5.87. The van der Waals surface area contributed by atoms with E-state index in [4.69, 9.17) is 4.74 Å². The zero-order valence-corrected chi connectivity index (χ0v) is 16.6. The molecule has 0 spiro atoms. The Morgan fingerprint density at radius 3 is 2.37 bits per heavy atom. The van der Waals surface area contributed by atoms with Gasteiger partial charge in [0, 0.05) is 39.6 Å². The number of nitrogens with one attached hydrogen (secondary N) is 1. The minimum Gasteiger partial charge on any atom is -0.373 e. The first-order valence-corrected chi connectivity index (χ1v) is 9.93. The Balaban J connectivity index is 1.49. The van der Waals surface area contributed by atoms with Crippen molar-refractivity contribution in [2.75, 3.05) is 19.6 Å². The number of nitrogens with zero attached hydrogens (tertiary/aromatic N) is 2. The molecule has 3 rings (SSSR count). The molecule has 6 nitrogen and oxygen atoms in total. The highest BCUT2D eigenvalue weighted by Crippen LogP contribution is 2.18. The maximum Gasteiger partial charge on any atom is 0.243 e. The summed E-state index contributed by atoms with van der Waals surface area (Å²) < 4.78 is 5.79. The van der Waals surface area contributed by atoms with Gasteiger partial charge in [0.05, 0.1) is 12.2 Å². The van der Waals surface area contributed by atoms with E-state index in [-0.39, 0.29) is 30.1 Å². The second-order valence-corrected chi connectivity index (χ2v) is 7.86. The summed E-state index contributed by atoms with van der Waals surface area (Å²) in [5.41, 5.74) is 2.34. The van der Waals surface area contributed by atoms with E-state index >= 15 is 0 Å². The molecule has 0 saturated carbocycles. The van der Waals surface area contributed by atoms with Crippen molar-refractivity contribution < 1.29 is 14.3 Å². The molecule has 0 aliphatic carbocycles. The summed E-state index contributed by atoms with van der Waals surface area (Å²) in [4.78, 5) is 28.1. The lowest BCUT2D eigenvalue weighted by Crippen LogP contribution is -2.45. The molecular formula is C21H31N3O3. The molecule has 2 aliphatic heterocycles. The number of carbonyl (C=O) groups excluding carboxylic acids is 2. The SMILES string of the molecule is CC(=O)N1CCC[C@H]1C(=O)NCc1ccc(CN2C[C@@H](C)O[C@@H](C)C2)cc1. The Hall–Kier alpha value is -1.92. The molecule has 148 valence electrons. The average molecular weight is 373 g/mol. The summed E-state index contributed by atoms with van der Waals surface area (Å²) in [6.45, 7) is 9.76. The van der Waals surface area contributed by atoms with Crippen molar-refractivity contribution in [3.05, 3.63) is 35.4 Å². The number of hydrogen-bond donors (Lipinski definition) is 1. The molecule has 3 atom stereocenters. The molecule has 1 aromatic rings. The number of amides is 2. The molecule has 6 heteroatoms. The largest absolute Gasteiger partial charge is 0.373 e. The van der Waals surface area contributed by atoms with Gasteiger partial charge in [-0.15, -0.1) is 0 Å². The number of carbonyl (C=O) groups is 2. The van der Waals surface area contributed by atoms with Crippen LogP contribution >= 0.6 is 0 Å². The smallest absolute Gasteiger partial charge is 0.243 e. The van der Waals surface area contributed by atoms with Crippen molar-refractivity contribution in [2.45, 2.75) is 65.0 Å². The Morgan fingerprint density at radius 2 is 1.74 bits per heavy atom. The third kappa shape index (κ3) is 5.30. The minimum atomic E-state index is -0.313. The van der Waals surface area contributed by atoms with Crippen LogP contribution in [0.1, 0.15) is 44.7 Å². The number of likely N-dealkylation sites (tertiary alicyclic amines) is 1. The van der Waals surface area contributed by atoms with E-state index < -0.39 is 0 Å². The van der Waals surface area contributed by atoms with Gasteiger partial charge in [0.15, 0.2) is 0 Å². The van der Waals surface area contributed by atoms with Crippen LogP contribution in [0.2, 0.25) is 0 Å². The van der Waals surface area contributed by atoms with Crippen molar-refractivity contribution in [2.24, 2.45) is 0 Å². The summed E-state index contributed by atoms with van der Waals surface area (Å²) in [6.07, 6.45) is 2.19. The fourth-order valence-corrected chi connectivity index (χ4v) is 4.16. The molecule has 2 saturated heterocycles. The van der Waals surface area contributed by atoms with Gasteiger partial charge in [-0.25, -0.2) is 0 Å². The van der Waals surface area contributed by atoms with E-state index in [1.165, 1.54) is 12.5 Å². The van der Waals surface area contributed by atoms with Crippen molar-refractivity contribution in [3.8, 4) is 0 Å². The predicted molar refractivity (Wildman–Crippen MR) is 104 cm³/mol. The third-order valence-electron chi connectivity index (χ3n) is 5.35. The van der Waals surface area contributed by atoms with Crippen molar-refractivity contribution in [1.82, 2.24) is 15.1 Å². The maximum atomic E-state index is 12.4. The highest BCUT2D eigenvalue weighted by atomic mass is 16.5. The maximum absolute atomic E-state index is 12.4. The van der Waals surface area contributed by atoms with E-state index in [0.29, 0.717) is 13.1 Å². The van der Waals surface area contributed by atoms with Gasteiger partial charge in [-0.3, -0.25) is 14.5 Å². The average Bonchev–Trinajstić information content (AvgIpc) is 3.10. The molecule has 0 radical (unpaired) electrons. The normalized spacial score (nSPS) is 26.2. The fourth-order valence-electron chi connectivity index (χ4n) is 4.16. The standard InChI is InChI=1S/C21H31N3O3/c1-15-12-23(13-16(2)27-15)14-19-8-6-18(7-9-19)11-22-21(26)20-5-4-10-24(20)17(3)25/h6-9,15-16,20H,4-5,10-14H2,1-3H3,(H,22,26)/t15-,16+,20-/m0/s1. The molecule has 0 unspecified atom stereocenters. The van der Waals surface area contributed by atoms with Crippen LogP contribution in [-0.2, 0) is 27.4 Å². The number of morpholine rings is 1. The van der Waals surface area contributed by atoms with Crippen molar-refractivity contribution >= 4 is 11.8 Å². The molecule has 1 aromatic carbocycles. The summed E-state index contributed by atoms with van der Waals surface area (Å²) in [7, 11) is 0. The molecular weight excluding hydrogens is 342 g/mol. The summed E-state index contributed by atoms with van der Waals surface area (Å²) in [5, 5.41) is 2.98. The molecule has 2 aliphatic rings. The van der Waals surface area contributed by atoms with Gasteiger partial charge in [-0.2, -0.15) is 0 Å². The number of hydrogen-bond acceptors (Lipinski definition) is 4. The Labute approximate surface area is 161 Å². The van der Waals surface area contributed by atoms with E-state index in [0.717, 1.165) is 38.0 Å². The van der Waals surface area contributed by atoms with Crippen LogP contribution in [-0.4, -0.2) is 59.5 Å². The first-order valence-electron chi connectivity index (χ1n) is 9.93. The van der Waals surface area contributed by atoms with E-state index in [9.17, 15) is 9.59 Å². The summed E-state index contributed by atoms with van der Waals surface area (Å²) in [5.74, 6) is -0.0770. The molecule has 2 heterocycles. The fraction of sp³-hybridized carbons (Fsp3) is 0.619. The quantitative estimate of drug-likeness (QED) is 0.857. The lowest BCUT2D eigenvalue weighted by Gasteiger charge is -2.35. The molecule has 1 N–H and O–H groups in total. The Morgan fingerprint density at radius 1 is 1.11 bits per heavy atom. The first-order chi connectivity index (χ1) is 12.9. The Bertz CT molecular complexity index is 651. The third-order valence-corrected chi connectivity index (χ3v) is 5.35. The van der Waals surface area contributed by atoms with E-state index in [1.807, 2.05) is 0 Å². The lowest BCUT2D eigenvalue weighted by atomic mass is 10.1. The van der Waals surface area contributed by atoms with Crippen LogP contribution < -0.4 is 5.32 Å². The highest BCUT2D eigenvalue weighted by Gasteiger charge is 2.32. The summed E-state index contributed by atoms with van der Waals surface area (Å²) >= 11 is 0. The molecule has 27 heavy (non-hydrogen) atoms. The van der Waals surface area contributed by atoms with Gasteiger partial charge in [0.25, 0.3) is 0 Å². The monoisotopic (exact) mass is 373 g/mol. The van der Waals surface area contributed by atoms with Gasteiger partial charge in [-0.1, -0.05) is 24.3 Å². The van der Waals surface area contributed by atoms with Crippen LogP contribution in [0.3, 0.4) is 0 Å². The molecule has 0 bridgehead atoms. The first kappa shape index (κ1) is 19.8. The number of rotatable bonds is 5. The summed E-state index contributed by atoms with van der Waals surface area (Å²) in [6, 6.07) is 8.08. The number of ether oxygens (including phenoxy) is 1. The Kier molecular flexibility index (Phi) is 6.50. The molecule has 0 aromatic heterocycles. The van der Waals surface area contributed by atoms with E-state index in [1.54, 1.807) is 4.90 Å². The lowest BCUT2D eigenvalue weighted by molar-refractivity contribution is -0.136. The second-order valence-electron chi connectivity index (χ2n) is 7.86. The van der Waals surface area contributed by atoms with Gasteiger partial charge in [-0.05, 0) is 37.8 Å². The van der Waals surface area contributed by atoms with Crippen LogP contribution in [0.4, 0.5) is 0 Å². The molecule has 2 fully saturated rings. The van der Waals surface area contributed by atoms with Crippen LogP contribution in [0, 0.1) is 0 Å². The topological polar surface area (TPSA) is 61.9 Å². The van der Waals surface area contributed by atoms with E-state index in [2.05, 4.69) is 48.3 Å². The van der Waals surface area contributed by atoms with Gasteiger partial charge in [0.2, 0.25) is 11.8 Å². The zero-order valence-electron chi connectivity index (χ0n) is 16.6. The zero-order chi connectivity index (χ0) is 19.4. The van der Waals surface area contributed by atoms with Crippen LogP contribution in [0.15, 0.2) is 24.3 Å². The van der Waals surface area contributed by atoms with Gasteiger partial charge in [0.1, 0.15) is 6.04 Å². The van der Waals surface area contributed by atoms with Gasteiger partial charge < -0.3 is 15.0 Å². The number of benzene rings is 1. The second kappa shape index (κ2) is 8.85. The van der Waals surface area contributed by atoms with Crippen LogP contribution in [0.25, 0.3) is 0 Å². The van der Waals surface area contributed by atoms with Crippen molar-refractivity contribution in [3.63, 3.8) is 0 Å².